The first-order valence-electron chi connectivity index (χ1n) is 8.46. The van der Waals surface area contributed by atoms with Crippen LogP contribution in [0, 0.1) is 17.3 Å². The molecule has 0 unspecified atom stereocenters. The lowest BCUT2D eigenvalue weighted by Crippen LogP contribution is -2.20. The lowest BCUT2D eigenvalue weighted by atomic mass is 10.00. The number of aliphatic hydroxyl groups excluding tert-OH is 1. The molecule has 2 aliphatic rings. The summed E-state index contributed by atoms with van der Waals surface area (Å²) < 4.78 is 0. The number of fused-ring (bicyclic) bond motifs is 1. The second kappa shape index (κ2) is 6.54. The summed E-state index contributed by atoms with van der Waals surface area (Å²) in [7, 11) is 0. The molecule has 0 radical (unpaired) electrons. The first-order chi connectivity index (χ1) is 10.2. The topological polar surface area (TPSA) is 37.3 Å². The average molecular weight is 302 g/mol. The minimum Gasteiger partial charge on any atom is -0.381 e. The highest BCUT2D eigenvalue weighted by Crippen LogP contribution is 2.61. The molecular weight excluding hydrogens is 272 g/mol. The molecule has 2 rings (SSSR count). The van der Waals surface area contributed by atoms with Gasteiger partial charge in [-0.3, -0.25) is 4.79 Å². The molecule has 1 fully saturated rings. The van der Waals surface area contributed by atoms with Gasteiger partial charge in [0.05, 0.1) is 0 Å². The molecule has 0 aliphatic heterocycles. The molecule has 2 aliphatic carbocycles. The van der Waals surface area contributed by atoms with Crippen LogP contribution in [0.3, 0.4) is 0 Å². The van der Waals surface area contributed by atoms with Crippen LogP contribution in [-0.2, 0) is 4.79 Å². The molecule has 122 valence electrons. The van der Waals surface area contributed by atoms with Crippen LogP contribution in [0.5, 0.6) is 0 Å². The molecule has 22 heavy (non-hydrogen) atoms. The van der Waals surface area contributed by atoms with Gasteiger partial charge in [0.1, 0.15) is 6.10 Å². The van der Waals surface area contributed by atoms with E-state index in [1.54, 1.807) is 6.08 Å². The van der Waals surface area contributed by atoms with E-state index < -0.39 is 6.10 Å². The number of aliphatic hydroxyl groups is 1. The predicted molar refractivity (Wildman–Crippen MR) is 91.5 cm³/mol. The predicted octanol–water partition coefficient (Wildman–Crippen LogP) is 4.60. The number of ketones is 1. The van der Waals surface area contributed by atoms with E-state index in [0.717, 1.165) is 30.4 Å². The molecule has 0 amide bonds. The van der Waals surface area contributed by atoms with Gasteiger partial charge < -0.3 is 5.11 Å². The Hall–Kier alpha value is -1.15. The van der Waals surface area contributed by atoms with E-state index in [4.69, 9.17) is 0 Å². The lowest BCUT2D eigenvalue weighted by Gasteiger charge is -2.10. The standard InChI is InChI=1S/C20H30O2/c1-13-7-6-8-14(2)11-18(21)19(22)15(3)12-17-16(10-9-13)20(17,4)5/h7,11-12,16-17,19,22H,6,8-10H2,1-5H3/b13-7+,14-11+,15-12+/t16-,17+,19-/m0/s1. The summed E-state index contributed by atoms with van der Waals surface area (Å²) in [5, 5.41) is 10.2. The van der Waals surface area contributed by atoms with Crippen molar-refractivity contribution < 1.29 is 9.90 Å². The summed E-state index contributed by atoms with van der Waals surface area (Å²) in [5.41, 5.74) is 3.59. The molecule has 0 heterocycles. The van der Waals surface area contributed by atoms with E-state index in [9.17, 15) is 9.90 Å². The third kappa shape index (κ3) is 3.78. The Morgan fingerprint density at radius 1 is 1.14 bits per heavy atom. The second-order valence-corrected chi connectivity index (χ2v) is 7.79. The second-order valence-electron chi connectivity index (χ2n) is 7.79. The Labute approximate surface area is 135 Å². The largest absolute Gasteiger partial charge is 0.381 e. The normalized spacial score (nSPS) is 40.2. The van der Waals surface area contributed by atoms with Gasteiger partial charge in [-0.2, -0.15) is 0 Å². The Balaban J connectivity index is 2.25. The Bertz CT molecular complexity index is 534. The lowest BCUT2D eigenvalue weighted by molar-refractivity contribution is -0.120. The summed E-state index contributed by atoms with van der Waals surface area (Å²) in [6.07, 6.45) is 9.29. The molecule has 0 aromatic rings. The molecule has 3 atom stereocenters. The molecule has 1 N–H and O–H groups in total. The van der Waals surface area contributed by atoms with Crippen molar-refractivity contribution in [3.63, 3.8) is 0 Å². The number of hydrogen-bond acceptors (Lipinski definition) is 2. The quantitative estimate of drug-likeness (QED) is 0.664. The first-order valence-corrected chi connectivity index (χ1v) is 8.46. The van der Waals surface area contributed by atoms with Crippen LogP contribution >= 0.6 is 0 Å². The van der Waals surface area contributed by atoms with Gasteiger partial charge in [0.25, 0.3) is 0 Å². The van der Waals surface area contributed by atoms with Gasteiger partial charge in [0.15, 0.2) is 5.78 Å². The SMILES string of the molecule is C/C1=C\C(=O)[C@@H](O)/C(C)=C/[C@@H]2[C@H](CC/C(C)=C/CC1)C2(C)C. The van der Waals surface area contributed by atoms with Crippen molar-refractivity contribution in [3.05, 3.63) is 34.9 Å². The number of rotatable bonds is 0. The zero-order valence-corrected chi connectivity index (χ0v) is 14.6. The van der Waals surface area contributed by atoms with Crippen LogP contribution < -0.4 is 0 Å². The Morgan fingerprint density at radius 2 is 1.82 bits per heavy atom. The summed E-state index contributed by atoms with van der Waals surface area (Å²) in [4.78, 5) is 12.2. The third-order valence-electron chi connectivity index (χ3n) is 5.55. The molecule has 2 nitrogen and oxygen atoms in total. The summed E-state index contributed by atoms with van der Waals surface area (Å²) in [6.45, 7) is 10.7. The average Bonchev–Trinajstić information content (AvgIpc) is 2.94. The first kappa shape index (κ1) is 17.2. The van der Waals surface area contributed by atoms with Crippen LogP contribution in [0.15, 0.2) is 34.9 Å². The fourth-order valence-electron chi connectivity index (χ4n) is 3.69. The van der Waals surface area contributed by atoms with Gasteiger partial charge in [-0.05, 0) is 75.4 Å². The van der Waals surface area contributed by atoms with Crippen molar-refractivity contribution in [2.75, 3.05) is 0 Å². The van der Waals surface area contributed by atoms with E-state index in [1.165, 1.54) is 12.0 Å². The van der Waals surface area contributed by atoms with Crippen LogP contribution in [0.4, 0.5) is 0 Å². The minimum absolute atomic E-state index is 0.181. The highest BCUT2D eigenvalue weighted by Gasteiger charge is 2.55. The van der Waals surface area contributed by atoms with Gasteiger partial charge >= 0.3 is 0 Å². The molecule has 1 saturated carbocycles. The van der Waals surface area contributed by atoms with E-state index in [0.29, 0.717) is 11.8 Å². The minimum atomic E-state index is -0.979. The maximum atomic E-state index is 12.2. The molecular formula is C20H30O2. The molecule has 2 heteroatoms. The van der Waals surface area contributed by atoms with Gasteiger partial charge in [0, 0.05) is 0 Å². The summed E-state index contributed by atoms with van der Waals surface area (Å²) >= 11 is 0. The summed E-state index contributed by atoms with van der Waals surface area (Å²) in [5.74, 6) is 0.961. The molecule has 0 spiro atoms. The van der Waals surface area contributed by atoms with Crippen LogP contribution in [0.25, 0.3) is 0 Å². The zero-order valence-electron chi connectivity index (χ0n) is 14.6. The van der Waals surface area contributed by atoms with E-state index in [2.05, 4.69) is 32.9 Å². The monoisotopic (exact) mass is 302 g/mol. The Morgan fingerprint density at radius 3 is 2.50 bits per heavy atom. The number of carbonyl (C=O) groups excluding carboxylic acids is 1. The van der Waals surface area contributed by atoms with Crippen molar-refractivity contribution in [1.29, 1.82) is 0 Å². The number of allylic oxidation sites excluding steroid dienone is 4. The van der Waals surface area contributed by atoms with Gasteiger partial charge in [0.2, 0.25) is 0 Å². The van der Waals surface area contributed by atoms with Crippen molar-refractivity contribution in [3.8, 4) is 0 Å². The van der Waals surface area contributed by atoms with Gasteiger partial charge in [-0.15, -0.1) is 0 Å². The van der Waals surface area contributed by atoms with E-state index in [-0.39, 0.29) is 11.2 Å². The van der Waals surface area contributed by atoms with Crippen molar-refractivity contribution in [2.45, 2.75) is 66.4 Å². The van der Waals surface area contributed by atoms with Crippen molar-refractivity contribution in [2.24, 2.45) is 17.3 Å². The molecule has 0 aromatic heterocycles. The van der Waals surface area contributed by atoms with Crippen molar-refractivity contribution >= 4 is 5.78 Å². The van der Waals surface area contributed by atoms with E-state index in [1.807, 2.05) is 13.8 Å². The molecule has 0 bridgehead atoms. The summed E-state index contributed by atoms with van der Waals surface area (Å²) in [6, 6.07) is 0. The molecule has 0 saturated heterocycles. The number of carbonyl (C=O) groups is 1. The van der Waals surface area contributed by atoms with Gasteiger partial charge in [-0.1, -0.05) is 37.1 Å². The van der Waals surface area contributed by atoms with Crippen LogP contribution in [-0.4, -0.2) is 17.0 Å². The third-order valence-corrected chi connectivity index (χ3v) is 5.55. The highest BCUT2D eigenvalue weighted by molar-refractivity contribution is 5.96. The fraction of sp³-hybridized carbons (Fsp3) is 0.650. The zero-order chi connectivity index (χ0) is 16.5. The fourth-order valence-corrected chi connectivity index (χ4v) is 3.69. The van der Waals surface area contributed by atoms with Crippen LogP contribution in [0.1, 0.15) is 60.3 Å². The highest BCUT2D eigenvalue weighted by atomic mass is 16.3. The van der Waals surface area contributed by atoms with E-state index >= 15 is 0 Å². The van der Waals surface area contributed by atoms with Gasteiger partial charge in [-0.25, -0.2) is 0 Å². The smallest absolute Gasteiger partial charge is 0.188 e. The Kier molecular flexibility index (Phi) is 5.11. The van der Waals surface area contributed by atoms with Crippen molar-refractivity contribution in [1.82, 2.24) is 0 Å². The molecule has 0 aromatic carbocycles. The number of hydrogen-bond donors (Lipinski definition) is 1. The maximum absolute atomic E-state index is 12.2. The maximum Gasteiger partial charge on any atom is 0.188 e. The van der Waals surface area contributed by atoms with Crippen LogP contribution in [0.2, 0.25) is 0 Å².